The van der Waals surface area contributed by atoms with E-state index in [4.69, 9.17) is 4.42 Å². The first-order valence-electron chi connectivity index (χ1n) is 15.2. The number of rotatable bonds is 5. The fourth-order valence-electron chi connectivity index (χ4n) is 6.56. The maximum Gasteiger partial charge on any atom is 0.135 e. The van der Waals surface area contributed by atoms with Gasteiger partial charge in [-0.15, -0.1) is 11.3 Å². The van der Waals surface area contributed by atoms with E-state index in [2.05, 4.69) is 157 Å². The molecule has 3 heteroatoms. The highest BCUT2D eigenvalue weighted by Crippen LogP contribution is 2.49. The van der Waals surface area contributed by atoms with Crippen molar-refractivity contribution >= 4 is 70.5 Å². The zero-order chi connectivity index (χ0) is 29.7. The van der Waals surface area contributed by atoms with Crippen LogP contribution in [-0.4, -0.2) is 0 Å². The number of hydrogen-bond donors (Lipinski definition) is 0. The van der Waals surface area contributed by atoms with Crippen LogP contribution in [0.1, 0.15) is 0 Å². The molecule has 9 rings (SSSR count). The second-order valence-corrected chi connectivity index (χ2v) is 12.4. The highest BCUT2D eigenvalue weighted by Gasteiger charge is 2.21. The van der Waals surface area contributed by atoms with Crippen molar-refractivity contribution in [2.45, 2.75) is 0 Å². The Bertz CT molecular complexity index is 2470. The third-order valence-corrected chi connectivity index (χ3v) is 9.88. The number of nitrogens with zero attached hydrogens (tertiary/aromatic N) is 1. The zero-order valence-electron chi connectivity index (χ0n) is 24.4. The molecule has 0 N–H and O–H groups in total. The Morgan fingerprint density at radius 1 is 0.444 bits per heavy atom. The van der Waals surface area contributed by atoms with Crippen molar-refractivity contribution in [3.63, 3.8) is 0 Å². The Kier molecular flexibility index (Phi) is 6.03. The minimum atomic E-state index is 0.894. The summed E-state index contributed by atoms with van der Waals surface area (Å²) in [6.07, 6.45) is 0. The maximum atomic E-state index is 6.22. The second kappa shape index (κ2) is 10.5. The number of thiophene rings is 1. The van der Waals surface area contributed by atoms with Gasteiger partial charge in [-0.3, -0.25) is 0 Å². The molecule has 0 saturated heterocycles. The van der Waals surface area contributed by atoms with Crippen LogP contribution in [0.25, 0.3) is 64.4 Å². The molecule has 0 aliphatic carbocycles. The monoisotopic (exact) mass is 593 g/mol. The van der Waals surface area contributed by atoms with E-state index in [0.29, 0.717) is 0 Å². The van der Waals surface area contributed by atoms with Crippen molar-refractivity contribution in [2.24, 2.45) is 0 Å². The first-order chi connectivity index (χ1) is 22.3. The molecule has 2 nitrogen and oxygen atoms in total. The van der Waals surface area contributed by atoms with Crippen LogP contribution in [0.3, 0.4) is 0 Å². The van der Waals surface area contributed by atoms with Crippen molar-refractivity contribution < 1.29 is 4.42 Å². The summed E-state index contributed by atoms with van der Waals surface area (Å²) in [5.41, 5.74) is 10.0. The van der Waals surface area contributed by atoms with E-state index in [0.717, 1.165) is 39.0 Å². The lowest BCUT2D eigenvalue weighted by Crippen LogP contribution is -2.10. The maximum absolute atomic E-state index is 6.22. The summed E-state index contributed by atoms with van der Waals surface area (Å²) in [5.74, 6) is 0. The Labute approximate surface area is 265 Å². The molecule has 2 aromatic heterocycles. The molecule has 0 atom stereocenters. The molecule has 0 spiro atoms. The molecule has 0 unspecified atom stereocenters. The molecule has 9 aromatic rings. The zero-order valence-corrected chi connectivity index (χ0v) is 25.2. The van der Waals surface area contributed by atoms with E-state index in [1.165, 1.54) is 42.4 Å². The summed E-state index contributed by atoms with van der Waals surface area (Å²) in [5, 5.41) is 4.82. The van der Waals surface area contributed by atoms with Crippen LogP contribution in [0.5, 0.6) is 0 Å². The normalized spacial score (nSPS) is 11.6. The standard InChI is InChI=1S/C42H27NOS/c1-3-11-28(12-4-1)29-19-21-31(22-20-29)43(32-23-26-39-36(27-32)34-15-7-9-17-38(34)44-39)37-25-24-33(30-13-5-2-6-14-30)41-35-16-8-10-18-40(35)45-42(37)41/h1-27H. The van der Waals surface area contributed by atoms with E-state index in [1.54, 1.807) is 0 Å². The smallest absolute Gasteiger partial charge is 0.135 e. The molecule has 0 aliphatic heterocycles. The van der Waals surface area contributed by atoms with Gasteiger partial charge >= 0.3 is 0 Å². The Balaban J connectivity index is 1.31. The highest BCUT2D eigenvalue weighted by atomic mass is 32.1. The fourth-order valence-corrected chi connectivity index (χ4v) is 7.80. The van der Waals surface area contributed by atoms with Crippen LogP contribution in [0, 0.1) is 0 Å². The van der Waals surface area contributed by atoms with Crippen LogP contribution >= 0.6 is 11.3 Å². The minimum absolute atomic E-state index is 0.894. The van der Waals surface area contributed by atoms with Crippen molar-refractivity contribution in [1.82, 2.24) is 0 Å². The minimum Gasteiger partial charge on any atom is -0.456 e. The van der Waals surface area contributed by atoms with Gasteiger partial charge in [0.15, 0.2) is 0 Å². The number of hydrogen-bond acceptors (Lipinski definition) is 3. The van der Waals surface area contributed by atoms with Gasteiger partial charge in [0.05, 0.1) is 10.4 Å². The lowest BCUT2D eigenvalue weighted by Gasteiger charge is -2.27. The first kappa shape index (κ1) is 25.8. The van der Waals surface area contributed by atoms with Crippen LogP contribution in [-0.2, 0) is 0 Å². The third-order valence-electron chi connectivity index (χ3n) is 8.68. The molecular formula is C42H27NOS. The van der Waals surface area contributed by atoms with Crippen molar-refractivity contribution in [1.29, 1.82) is 0 Å². The van der Waals surface area contributed by atoms with Gasteiger partial charge in [-0.2, -0.15) is 0 Å². The summed E-state index contributed by atoms with van der Waals surface area (Å²) in [4.78, 5) is 2.41. The highest BCUT2D eigenvalue weighted by molar-refractivity contribution is 7.26. The van der Waals surface area contributed by atoms with E-state index in [-0.39, 0.29) is 0 Å². The van der Waals surface area contributed by atoms with E-state index in [1.807, 2.05) is 23.5 Å². The average molecular weight is 594 g/mol. The Morgan fingerprint density at radius 2 is 1.07 bits per heavy atom. The summed E-state index contributed by atoms with van der Waals surface area (Å²) < 4.78 is 8.77. The average Bonchev–Trinajstić information content (AvgIpc) is 3.69. The van der Waals surface area contributed by atoms with Gasteiger partial charge in [0.25, 0.3) is 0 Å². The number of anilines is 3. The summed E-state index contributed by atoms with van der Waals surface area (Å²) in [6.45, 7) is 0. The largest absolute Gasteiger partial charge is 0.456 e. The number of fused-ring (bicyclic) bond motifs is 6. The molecule has 0 fully saturated rings. The lowest BCUT2D eigenvalue weighted by molar-refractivity contribution is 0.669. The quantitative estimate of drug-likeness (QED) is 0.197. The number of benzene rings is 7. The van der Waals surface area contributed by atoms with Gasteiger partial charge in [-0.05, 0) is 70.8 Å². The molecule has 45 heavy (non-hydrogen) atoms. The van der Waals surface area contributed by atoms with Crippen LogP contribution in [0.15, 0.2) is 168 Å². The Hall–Kier alpha value is -5.64. The van der Waals surface area contributed by atoms with Gasteiger partial charge in [0.2, 0.25) is 0 Å². The van der Waals surface area contributed by atoms with Crippen molar-refractivity contribution in [3.05, 3.63) is 164 Å². The summed E-state index contributed by atoms with van der Waals surface area (Å²) in [6, 6.07) is 58.4. The molecule has 7 aromatic carbocycles. The molecule has 0 radical (unpaired) electrons. The first-order valence-corrected chi connectivity index (χ1v) is 16.0. The van der Waals surface area contributed by atoms with Crippen molar-refractivity contribution in [2.75, 3.05) is 4.90 Å². The van der Waals surface area contributed by atoms with Crippen LogP contribution < -0.4 is 4.90 Å². The SMILES string of the molecule is c1ccc(-c2ccc(N(c3ccc4oc5ccccc5c4c3)c3ccc(-c4ccccc4)c4c3sc3ccccc34)cc2)cc1. The van der Waals surface area contributed by atoms with E-state index >= 15 is 0 Å². The molecule has 0 aliphatic rings. The molecule has 0 saturated carbocycles. The topological polar surface area (TPSA) is 16.4 Å². The van der Waals surface area contributed by atoms with Gasteiger partial charge < -0.3 is 9.32 Å². The van der Waals surface area contributed by atoms with Gasteiger partial charge in [0.1, 0.15) is 11.2 Å². The second-order valence-electron chi connectivity index (χ2n) is 11.3. The van der Waals surface area contributed by atoms with Crippen molar-refractivity contribution in [3.8, 4) is 22.3 Å². The van der Waals surface area contributed by atoms with Gasteiger partial charge in [-0.25, -0.2) is 0 Å². The fraction of sp³-hybridized carbons (Fsp3) is 0. The predicted octanol–water partition coefficient (Wildman–Crippen LogP) is 12.8. The van der Waals surface area contributed by atoms with E-state index < -0.39 is 0 Å². The molecule has 212 valence electrons. The molecule has 0 amide bonds. The van der Waals surface area contributed by atoms with Gasteiger partial charge in [-0.1, -0.05) is 115 Å². The molecule has 2 heterocycles. The number of para-hydroxylation sites is 1. The predicted molar refractivity (Wildman–Crippen MR) is 192 cm³/mol. The summed E-state index contributed by atoms with van der Waals surface area (Å²) in [7, 11) is 0. The Morgan fingerprint density at radius 3 is 1.87 bits per heavy atom. The molecule has 0 bridgehead atoms. The van der Waals surface area contributed by atoms with Gasteiger partial charge in [0, 0.05) is 37.6 Å². The number of furan rings is 1. The third kappa shape index (κ3) is 4.32. The lowest BCUT2D eigenvalue weighted by atomic mass is 9.98. The van der Waals surface area contributed by atoms with E-state index in [9.17, 15) is 0 Å². The van der Waals surface area contributed by atoms with Crippen LogP contribution in [0.4, 0.5) is 17.1 Å². The molecular weight excluding hydrogens is 567 g/mol. The van der Waals surface area contributed by atoms with Crippen LogP contribution in [0.2, 0.25) is 0 Å². The summed E-state index contributed by atoms with van der Waals surface area (Å²) >= 11 is 1.86.